The summed E-state index contributed by atoms with van der Waals surface area (Å²) in [5.74, 6) is -1.69. The Balaban J connectivity index is 2.14. The van der Waals surface area contributed by atoms with Crippen LogP contribution in [0.15, 0.2) is 34.9 Å². The van der Waals surface area contributed by atoms with E-state index in [1.165, 1.54) is 18.2 Å². The lowest BCUT2D eigenvalue weighted by Gasteiger charge is -1.91. The highest BCUT2D eigenvalue weighted by Gasteiger charge is 2.08. The van der Waals surface area contributed by atoms with Gasteiger partial charge in [0.1, 0.15) is 11.5 Å². The third-order valence-electron chi connectivity index (χ3n) is 2.06. The Kier molecular flexibility index (Phi) is 3.00. The van der Waals surface area contributed by atoms with Gasteiger partial charge in [-0.1, -0.05) is 23.4 Å². The number of carbonyl (C=O) groups is 1. The molecule has 0 fully saturated rings. The molecule has 0 atom stereocenters. The number of nitrogens with zero attached hydrogens (tertiary/aromatic N) is 1. The molecular formula is C12H8FNO3. The molecule has 1 heterocycles. The molecule has 0 aliphatic carbocycles. The Hall–Kier alpha value is -2.43. The van der Waals surface area contributed by atoms with Gasteiger partial charge in [0.15, 0.2) is 0 Å². The van der Waals surface area contributed by atoms with Gasteiger partial charge in [0.05, 0.1) is 0 Å². The van der Waals surface area contributed by atoms with Crippen molar-refractivity contribution in [1.29, 1.82) is 0 Å². The molecule has 0 amide bonds. The lowest BCUT2D eigenvalue weighted by molar-refractivity contribution is 0.0652. The Morgan fingerprint density at radius 2 is 2.00 bits per heavy atom. The highest BCUT2D eigenvalue weighted by molar-refractivity contribution is 5.85. The van der Waals surface area contributed by atoms with Crippen LogP contribution in [0.5, 0.6) is 0 Å². The molecule has 0 radical (unpaired) electrons. The van der Waals surface area contributed by atoms with Gasteiger partial charge in [0, 0.05) is 6.07 Å². The molecule has 86 valence electrons. The van der Waals surface area contributed by atoms with Gasteiger partial charge in [-0.05, 0) is 23.8 Å². The van der Waals surface area contributed by atoms with Crippen molar-refractivity contribution in [2.75, 3.05) is 0 Å². The van der Waals surface area contributed by atoms with Gasteiger partial charge < -0.3 is 9.63 Å². The summed E-state index contributed by atoms with van der Waals surface area (Å²) < 4.78 is 17.2. The third kappa shape index (κ3) is 2.78. The van der Waals surface area contributed by atoms with Crippen molar-refractivity contribution in [2.45, 2.75) is 0 Å². The smallest absolute Gasteiger partial charge is 0.374 e. The number of aromatic nitrogens is 1. The Bertz CT molecular complexity index is 557. The summed E-state index contributed by atoms with van der Waals surface area (Å²) >= 11 is 0. The van der Waals surface area contributed by atoms with Crippen LogP contribution in [0, 0.1) is 5.82 Å². The monoisotopic (exact) mass is 233 g/mol. The fourth-order valence-electron chi connectivity index (χ4n) is 1.22. The summed E-state index contributed by atoms with van der Waals surface area (Å²) in [6, 6.07) is 7.19. The van der Waals surface area contributed by atoms with Crippen LogP contribution in [0.1, 0.15) is 21.8 Å². The van der Waals surface area contributed by atoms with Crippen molar-refractivity contribution < 1.29 is 18.8 Å². The molecule has 0 bridgehead atoms. The second kappa shape index (κ2) is 4.61. The summed E-state index contributed by atoms with van der Waals surface area (Å²) in [5.41, 5.74) is 1.18. The van der Waals surface area contributed by atoms with E-state index in [0.717, 1.165) is 5.56 Å². The fourth-order valence-corrected chi connectivity index (χ4v) is 1.22. The average molecular weight is 233 g/mol. The first-order chi connectivity index (χ1) is 8.15. The van der Waals surface area contributed by atoms with Crippen molar-refractivity contribution >= 4 is 18.1 Å². The average Bonchev–Trinajstić information content (AvgIpc) is 2.77. The van der Waals surface area contributed by atoms with E-state index in [1.807, 2.05) is 0 Å². The van der Waals surface area contributed by atoms with Crippen LogP contribution in [0.4, 0.5) is 4.39 Å². The van der Waals surface area contributed by atoms with Crippen LogP contribution in [0.2, 0.25) is 0 Å². The largest absolute Gasteiger partial charge is 0.475 e. The maximum Gasteiger partial charge on any atom is 0.374 e. The quantitative estimate of drug-likeness (QED) is 0.885. The fraction of sp³-hybridized carbons (Fsp3) is 0. The van der Waals surface area contributed by atoms with E-state index in [4.69, 9.17) is 5.11 Å². The zero-order valence-corrected chi connectivity index (χ0v) is 8.63. The molecule has 5 heteroatoms. The second-order valence-electron chi connectivity index (χ2n) is 3.31. The van der Waals surface area contributed by atoms with Gasteiger partial charge >= 0.3 is 5.97 Å². The van der Waals surface area contributed by atoms with E-state index in [-0.39, 0.29) is 11.6 Å². The van der Waals surface area contributed by atoms with E-state index in [0.29, 0.717) is 5.69 Å². The van der Waals surface area contributed by atoms with Crippen molar-refractivity contribution in [1.82, 2.24) is 5.16 Å². The van der Waals surface area contributed by atoms with Crippen molar-refractivity contribution in [3.63, 3.8) is 0 Å². The normalized spacial score (nSPS) is 10.9. The highest BCUT2D eigenvalue weighted by atomic mass is 19.1. The van der Waals surface area contributed by atoms with E-state index in [2.05, 4.69) is 9.68 Å². The Labute approximate surface area is 96.0 Å². The molecule has 1 N–H and O–H groups in total. The summed E-state index contributed by atoms with van der Waals surface area (Å²) in [6.45, 7) is 0. The van der Waals surface area contributed by atoms with Crippen molar-refractivity contribution in [3.05, 3.63) is 53.2 Å². The predicted octanol–water partition coefficient (Wildman–Crippen LogP) is 2.68. The number of carboxylic acids is 1. The van der Waals surface area contributed by atoms with Gasteiger partial charge in [-0.2, -0.15) is 0 Å². The van der Waals surface area contributed by atoms with Crippen molar-refractivity contribution in [2.24, 2.45) is 0 Å². The van der Waals surface area contributed by atoms with Crippen LogP contribution in [0.25, 0.3) is 12.2 Å². The van der Waals surface area contributed by atoms with Crippen LogP contribution in [-0.2, 0) is 0 Å². The molecule has 1 aromatic heterocycles. The van der Waals surface area contributed by atoms with E-state index in [9.17, 15) is 9.18 Å². The highest BCUT2D eigenvalue weighted by Crippen LogP contribution is 2.10. The zero-order valence-electron chi connectivity index (χ0n) is 8.63. The van der Waals surface area contributed by atoms with Gasteiger partial charge in [-0.25, -0.2) is 9.18 Å². The van der Waals surface area contributed by atoms with Crippen LogP contribution < -0.4 is 0 Å². The number of benzene rings is 1. The maximum absolute atomic E-state index is 12.6. The molecule has 0 aliphatic rings. The number of hydrogen-bond donors (Lipinski definition) is 1. The van der Waals surface area contributed by atoms with Gasteiger partial charge in [-0.3, -0.25) is 0 Å². The first-order valence-electron chi connectivity index (χ1n) is 4.79. The van der Waals surface area contributed by atoms with E-state index < -0.39 is 5.97 Å². The zero-order chi connectivity index (χ0) is 12.3. The molecule has 1 aromatic carbocycles. The van der Waals surface area contributed by atoms with Crippen molar-refractivity contribution in [3.8, 4) is 0 Å². The van der Waals surface area contributed by atoms with Crippen LogP contribution in [-0.4, -0.2) is 16.2 Å². The summed E-state index contributed by atoms with van der Waals surface area (Å²) in [6.07, 6.45) is 3.27. The molecule has 0 unspecified atom stereocenters. The minimum absolute atomic E-state index is 0.219. The second-order valence-corrected chi connectivity index (χ2v) is 3.31. The Morgan fingerprint density at radius 1 is 1.29 bits per heavy atom. The molecule has 0 aliphatic heterocycles. The molecule has 17 heavy (non-hydrogen) atoms. The van der Waals surface area contributed by atoms with Crippen LogP contribution >= 0.6 is 0 Å². The minimum Gasteiger partial charge on any atom is -0.475 e. The first kappa shape index (κ1) is 11.1. The van der Waals surface area contributed by atoms with Gasteiger partial charge in [0.2, 0.25) is 5.76 Å². The molecule has 0 saturated heterocycles. The third-order valence-corrected chi connectivity index (χ3v) is 2.06. The number of carboxylic acid groups (broad SMARTS) is 1. The first-order valence-corrected chi connectivity index (χ1v) is 4.79. The molecule has 0 saturated carbocycles. The topological polar surface area (TPSA) is 63.3 Å². The minimum atomic E-state index is -1.17. The SMILES string of the molecule is O=C(O)c1cc(/C=C/c2ccc(F)cc2)no1. The molecule has 4 nitrogen and oxygen atoms in total. The number of rotatable bonds is 3. The van der Waals surface area contributed by atoms with Crippen LogP contribution in [0.3, 0.4) is 0 Å². The van der Waals surface area contributed by atoms with E-state index in [1.54, 1.807) is 24.3 Å². The molecule has 2 rings (SSSR count). The summed E-state index contributed by atoms with van der Waals surface area (Å²) in [4.78, 5) is 10.5. The molecular weight excluding hydrogens is 225 g/mol. The number of aromatic carboxylic acids is 1. The van der Waals surface area contributed by atoms with E-state index >= 15 is 0 Å². The summed E-state index contributed by atoms with van der Waals surface area (Å²) in [5, 5.41) is 12.2. The summed E-state index contributed by atoms with van der Waals surface area (Å²) in [7, 11) is 0. The molecule has 0 spiro atoms. The number of hydrogen-bond acceptors (Lipinski definition) is 3. The maximum atomic E-state index is 12.6. The Morgan fingerprint density at radius 3 is 2.59 bits per heavy atom. The van der Waals surface area contributed by atoms with Gasteiger partial charge in [0.25, 0.3) is 0 Å². The standard InChI is InChI=1S/C12H8FNO3/c13-9-4-1-8(2-5-9)3-6-10-7-11(12(15)16)17-14-10/h1-7H,(H,15,16)/b6-3+. The van der Waals surface area contributed by atoms with Gasteiger partial charge in [-0.15, -0.1) is 0 Å². The number of halogens is 1. The predicted molar refractivity (Wildman–Crippen MR) is 58.8 cm³/mol. The molecule has 2 aromatic rings. The lowest BCUT2D eigenvalue weighted by Crippen LogP contribution is -1.91. The lowest BCUT2D eigenvalue weighted by atomic mass is 10.2.